The van der Waals surface area contributed by atoms with Crippen molar-refractivity contribution in [1.29, 1.82) is 0 Å². The molecule has 0 saturated carbocycles. The van der Waals surface area contributed by atoms with Crippen LogP contribution >= 0.6 is 0 Å². The Morgan fingerprint density at radius 2 is 2.05 bits per heavy atom. The maximum Gasteiger partial charge on any atom is 0.357 e. The molecule has 1 aromatic heterocycles. The molecule has 1 heterocycles. The van der Waals surface area contributed by atoms with Gasteiger partial charge in [0.05, 0.1) is 18.2 Å². The van der Waals surface area contributed by atoms with Gasteiger partial charge in [0.2, 0.25) is 0 Å². The molecule has 0 fully saturated rings. The summed E-state index contributed by atoms with van der Waals surface area (Å²) in [6, 6.07) is 10.7. The molecule has 6 nitrogen and oxygen atoms in total. The van der Waals surface area contributed by atoms with E-state index in [0.717, 1.165) is 17.7 Å². The van der Waals surface area contributed by atoms with Crippen molar-refractivity contribution < 1.29 is 14.6 Å². The van der Waals surface area contributed by atoms with Crippen molar-refractivity contribution in [3.05, 3.63) is 58.3 Å². The predicted octanol–water partition coefficient (Wildman–Crippen LogP) is 2.98. The van der Waals surface area contributed by atoms with Gasteiger partial charge in [0.15, 0.2) is 0 Å². The van der Waals surface area contributed by atoms with Crippen LogP contribution in [0.15, 0.2) is 42.6 Å². The minimum atomic E-state index is -0.403. The summed E-state index contributed by atoms with van der Waals surface area (Å²) in [6.07, 6.45) is 2.46. The Bertz CT molecular complexity index is 614. The first kappa shape index (κ1) is 14.8. The van der Waals surface area contributed by atoms with Crippen LogP contribution in [-0.4, -0.2) is 12.0 Å². The number of aromatic nitrogens is 1. The number of anilines is 1. The fraction of sp³-hybridized carbons (Fsp3) is 0.267. The number of benzene rings is 1. The first-order valence-electron chi connectivity index (χ1n) is 6.71. The maximum atomic E-state index is 11.0. The van der Waals surface area contributed by atoms with E-state index < -0.39 is 4.92 Å². The summed E-state index contributed by atoms with van der Waals surface area (Å²) in [5, 5.41) is 14.2. The Morgan fingerprint density at radius 3 is 2.62 bits per heavy atom. The molecule has 0 aliphatic rings. The van der Waals surface area contributed by atoms with Gasteiger partial charge in [-0.05, 0) is 30.2 Å². The summed E-state index contributed by atoms with van der Waals surface area (Å²) < 4.78 is 5.14. The zero-order valence-electron chi connectivity index (χ0n) is 12.0. The van der Waals surface area contributed by atoms with E-state index in [9.17, 15) is 10.1 Å². The molecule has 0 aliphatic heterocycles. The molecule has 0 amide bonds. The van der Waals surface area contributed by atoms with Gasteiger partial charge >= 0.3 is 11.5 Å². The Labute approximate surface area is 122 Å². The van der Waals surface area contributed by atoms with Crippen molar-refractivity contribution in [2.45, 2.75) is 19.4 Å². The number of rotatable bonds is 6. The van der Waals surface area contributed by atoms with Gasteiger partial charge in [0, 0.05) is 6.07 Å². The Hall–Kier alpha value is -2.63. The number of nitrogens with zero attached hydrogens (tertiary/aromatic N) is 1. The van der Waals surface area contributed by atoms with Crippen molar-refractivity contribution in [3.8, 4) is 5.75 Å². The van der Waals surface area contributed by atoms with Gasteiger partial charge < -0.3 is 4.74 Å². The number of nitro groups is 1. The molecule has 0 bridgehead atoms. The summed E-state index contributed by atoms with van der Waals surface area (Å²) in [5.41, 5.74) is 1.08. The molecular formula is C15H18N3O3+. The molecule has 2 rings (SSSR count). The van der Waals surface area contributed by atoms with Gasteiger partial charge in [-0.3, -0.25) is 15.4 Å². The summed E-state index contributed by atoms with van der Waals surface area (Å²) in [6.45, 7) is 2.02. The van der Waals surface area contributed by atoms with E-state index in [1.165, 1.54) is 6.07 Å². The lowest BCUT2D eigenvalue weighted by atomic mass is 10.0. The molecule has 21 heavy (non-hydrogen) atoms. The molecule has 0 aliphatic carbocycles. The Balaban J connectivity index is 2.24. The number of H-pyrrole nitrogens is 1. The zero-order valence-corrected chi connectivity index (χ0v) is 12.0. The number of hydrogen-bond donors (Lipinski definition) is 1. The van der Waals surface area contributed by atoms with Crippen LogP contribution in [0.1, 0.15) is 24.9 Å². The third-order valence-electron chi connectivity index (χ3n) is 3.28. The number of aromatic amines is 1. The van der Waals surface area contributed by atoms with Gasteiger partial charge in [-0.15, -0.1) is 0 Å². The maximum absolute atomic E-state index is 11.0. The van der Waals surface area contributed by atoms with Crippen molar-refractivity contribution >= 4 is 11.5 Å². The summed E-state index contributed by atoms with van der Waals surface area (Å²) >= 11 is 0. The highest BCUT2D eigenvalue weighted by molar-refractivity contribution is 5.52. The van der Waals surface area contributed by atoms with Gasteiger partial charge in [-0.1, -0.05) is 19.1 Å². The molecule has 1 atom stereocenters. The number of pyridine rings is 1. The highest BCUT2D eigenvalue weighted by atomic mass is 16.6. The lowest BCUT2D eigenvalue weighted by molar-refractivity contribution is -0.410. The molecule has 6 heteroatoms. The molecule has 0 saturated heterocycles. The minimum absolute atomic E-state index is 0.0201. The second kappa shape index (κ2) is 6.69. The lowest BCUT2D eigenvalue weighted by Crippen LogP contribution is -2.19. The zero-order chi connectivity index (χ0) is 15.2. The van der Waals surface area contributed by atoms with Crippen LogP contribution in [0.25, 0.3) is 0 Å². The van der Waals surface area contributed by atoms with Crippen LogP contribution in [-0.2, 0) is 0 Å². The van der Waals surface area contributed by atoms with Crippen molar-refractivity contribution in [1.82, 2.24) is 0 Å². The minimum Gasteiger partial charge on any atom is -0.497 e. The van der Waals surface area contributed by atoms with Crippen LogP contribution in [0, 0.1) is 10.1 Å². The number of ether oxygens (including phenoxy) is 1. The smallest absolute Gasteiger partial charge is 0.357 e. The molecule has 2 N–H and O–H groups in total. The molecule has 110 valence electrons. The first-order chi connectivity index (χ1) is 10.2. The SMILES string of the molecule is CC[C@H](Nc1[nH+]cccc1[N+](=O)[O-])c1ccc(OC)cc1. The van der Waals surface area contributed by atoms with Crippen molar-refractivity contribution in [2.24, 2.45) is 0 Å². The molecule has 0 spiro atoms. The topological polar surface area (TPSA) is 78.5 Å². The van der Waals surface area contributed by atoms with E-state index >= 15 is 0 Å². The number of nitrogens with one attached hydrogen (secondary N) is 2. The third kappa shape index (κ3) is 3.47. The fourth-order valence-corrected chi connectivity index (χ4v) is 2.13. The standard InChI is InChI=1S/C15H17N3O3/c1-3-13(11-6-8-12(21-2)9-7-11)17-15-14(18(19)20)5-4-10-16-15/h4-10,13H,3H2,1-2H3,(H,16,17)/p+1/t13-/m0/s1. The molecule has 2 aromatic rings. The van der Waals surface area contributed by atoms with Gasteiger partial charge in [0.1, 0.15) is 11.8 Å². The average molecular weight is 288 g/mol. The Kier molecular flexibility index (Phi) is 4.71. The van der Waals surface area contributed by atoms with Crippen LogP contribution < -0.4 is 15.0 Å². The quantitative estimate of drug-likeness (QED) is 0.654. The highest BCUT2D eigenvalue weighted by Crippen LogP contribution is 2.26. The molecular weight excluding hydrogens is 270 g/mol. The molecule has 0 radical (unpaired) electrons. The normalized spacial score (nSPS) is 11.7. The van der Waals surface area contributed by atoms with E-state index in [-0.39, 0.29) is 11.7 Å². The van der Waals surface area contributed by atoms with Gasteiger partial charge in [-0.25, -0.2) is 4.98 Å². The van der Waals surface area contributed by atoms with Crippen LogP contribution in [0.3, 0.4) is 0 Å². The lowest BCUT2D eigenvalue weighted by Gasteiger charge is -2.13. The van der Waals surface area contributed by atoms with E-state index in [0.29, 0.717) is 5.82 Å². The first-order valence-corrected chi connectivity index (χ1v) is 6.71. The van der Waals surface area contributed by atoms with Gasteiger partial charge in [-0.2, -0.15) is 0 Å². The summed E-state index contributed by atoms with van der Waals surface area (Å²) in [4.78, 5) is 13.5. The fourth-order valence-electron chi connectivity index (χ4n) is 2.13. The van der Waals surface area contributed by atoms with Crippen LogP contribution in [0.5, 0.6) is 5.75 Å². The van der Waals surface area contributed by atoms with Crippen molar-refractivity contribution in [3.63, 3.8) is 0 Å². The average Bonchev–Trinajstić information content (AvgIpc) is 2.53. The van der Waals surface area contributed by atoms with Crippen molar-refractivity contribution in [2.75, 3.05) is 12.4 Å². The van der Waals surface area contributed by atoms with E-state index in [1.807, 2.05) is 31.2 Å². The predicted molar refractivity (Wildman–Crippen MR) is 79.3 cm³/mol. The van der Waals surface area contributed by atoms with E-state index in [1.54, 1.807) is 19.4 Å². The number of methoxy groups -OCH3 is 1. The summed E-state index contributed by atoms with van der Waals surface area (Å²) in [7, 11) is 1.62. The van der Waals surface area contributed by atoms with Gasteiger partial charge in [0.25, 0.3) is 0 Å². The monoisotopic (exact) mass is 288 g/mol. The van der Waals surface area contributed by atoms with Crippen LogP contribution in [0.2, 0.25) is 0 Å². The number of hydrogen-bond acceptors (Lipinski definition) is 4. The van der Waals surface area contributed by atoms with E-state index in [2.05, 4.69) is 10.3 Å². The molecule has 1 aromatic carbocycles. The molecule has 0 unspecified atom stereocenters. The summed E-state index contributed by atoms with van der Waals surface area (Å²) in [5.74, 6) is 1.19. The Morgan fingerprint density at radius 1 is 1.33 bits per heavy atom. The largest absolute Gasteiger partial charge is 0.497 e. The van der Waals surface area contributed by atoms with Crippen LogP contribution in [0.4, 0.5) is 11.5 Å². The second-order valence-electron chi connectivity index (χ2n) is 4.57. The van der Waals surface area contributed by atoms with E-state index in [4.69, 9.17) is 4.74 Å². The second-order valence-corrected chi connectivity index (χ2v) is 4.57. The highest BCUT2D eigenvalue weighted by Gasteiger charge is 2.24. The third-order valence-corrected chi connectivity index (χ3v) is 3.28.